The van der Waals surface area contributed by atoms with E-state index in [9.17, 15) is 23.6 Å². The van der Waals surface area contributed by atoms with E-state index in [0.717, 1.165) is 28.7 Å². The van der Waals surface area contributed by atoms with Gasteiger partial charge in [-0.3, -0.25) is 14.2 Å². The van der Waals surface area contributed by atoms with E-state index in [-0.39, 0.29) is 40.8 Å². The largest absolute Gasteiger partial charge is 0.462 e. The van der Waals surface area contributed by atoms with Crippen LogP contribution in [0.25, 0.3) is 5.69 Å². The van der Waals surface area contributed by atoms with Crippen molar-refractivity contribution < 1.29 is 33.0 Å². The number of hydrogen-bond acceptors (Lipinski definition) is 10. The van der Waals surface area contributed by atoms with Crippen molar-refractivity contribution in [1.29, 1.82) is 0 Å². The van der Waals surface area contributed by atoms with Crippen molar-refractivity contribution in [2.45, 2.75) is 51.6 Å². The Kier molecular flexibility index (Phi) is 11.1. The molecule has 0 aliphatic rings. The Bertz CT molecular complexity index is 1740. The zero-order chi connectivity index (χ0) is 32.7. The highest BCUT2D eigenvalue weighted by Crippen LogP contribution is 2.35. The Balaban J connectivity index is 1.59. The third-order valence-corrected chi connectivity index (χ3v) is 8.69. The lowest BCUT2D eigenvalue weighted by molar-refractivity contribution is -0.115. The Morgan fingerprint density at radius 2 is 1.71 bits per heavy atom. The van der Waals surface area contributed by atoms with Crippen LogP contribution in [0, 0.1) is 19.7 Å². The number of rotatable bonds is 12. The maximum Gasteiger partial charge on any atom is 0.348 e. The minimum Gasteiger partial charge on any atom is -0.462 e. The number of anilines is 1. The first kappa shape index (κ1) is 33.3. The maximum absolute atomic E-state index is 14.2. The van der Waals surface area contributed by atoms with E-state index < -0.39 is 34.8 Å². The number of aryl methyl sites for hydroxylation is 1. The molecule has 236 valence electrons. The molecule has 0 saturated carbocycles. The van der Waals surface area contributed by atoms with Gasteiger partial charge in [0.2, 0.25) is 5.91 Å². The summed E-state index contributed by atoms with van der Waals surface area (Å²) in [5, 5.41) is 13.8. The van der Waals surface area contributed by atoms with Gasteiger partial charge in [-0.15, -0.1) is 21.5 Å². The molecule has 1 atom stereocenters. The van der Waals surface area contributed by atoms with Crippen molar-refractivity contribution in [2.24, 2.45) is 0 Å². The molecular formula is C31H32FN5O6S2. The Labute approximate surface area is 267 Å². The lowest BCUT2D eigenvalue weighted by Gasteiger charge is -2.15. The van der Waals surface area contributed by atoms with Gasteiger partial charge in [0, 0.05) is 5.69 Å². The summed E-state index contributed by atoms with van der Waals surface area (Å²) >= 11 is 2.04. The van der Waals surface area contributed by atoms with Crippen LogP contribution in [-0.2, 0) is 20.8 Å². The van der Waals surface area contributed by atoms with Crippen LogP contribution < -0.4 is 10.6 Å². The van der Waals surface area contributed by atoms with Crippen molar-refractivity contribution in [1.82, 2.24) is 20.1 Å². The summed E-state index contributed by atoms with van der Waals surface area (Å²) in [5.74, 6) is -2.63. The number of aromatic nitrogens is 3. The zero-order valence-corrected chi connectivity index (χ0v) is 26.9. The molecule has 2 heterocycles. The summed E-state index contributed by atoms with van der Waals surface area (Å²) < 4.78 is 26.2. The number of esters is 2. The molecule has 0 bridgehead atoms. The molecule has 2 N–H and O–H groups in total. The van der Waals surface area contributed by atoms with E-state index in [1.54, 1.807) is 38.3 Å². The first-order chi connectivity index (χ1) is 21.5. The number of thioether (sulfide) groups is 1. The quantitative estimate of drug-likeness (QED) is 0.150. The molecule has 0 unspecified atom stereocenters. The van der Waals surface area contributed by atoms with Crippen LogP contribution >= 0.6 is 23.1 Å². The number of hydrogen-bond donors (Lipinski definition) is 2. The molecule has 2 aromatic heterocycles. The third kappa shape index (κ3) is 7.75. The van der Waals surface area contributed by atoms with Gasteiger partial charge in [-0.1, -0.05) is 36.0 Å². The van der Waals surface area contributed by atoms with Gasteiger partial charge >= 0.3 is 11.9 Å². The maximum atomic E-state index is 14.2. The highest BCUT2D eigenvalue weighted by Gasteiger charge is 2.29. The fraction of sp³-hybridized carbons (Fsp3) is 0.290. The van der Waals surface area contributed by atoms with Gasteiger partial charge < -0.3 is 20.1 Å². The van der Waals surface area contributed by atoms with Crippen LogP contribution in [0.2, 0.25) is 0 Å². The van der Waals surface area contributed by atoms with Crippen molar-refractivity contribution in [3.8, 4) is 5.69 Å². The van der Waals surface area contributed by atoms with Crippen molar-refractivity contribution in [3.05, 3.63) is 87.3 Å². The Hall–Kier alpha value is -4.56. The van der Waals surface area contributed by atoms with Crippen LogP contribution in [0.4, 0.5) is 9.39 Å². The predicted octanol–water partition coefficient (Wildman–Crippen LogP) is 5.49. The lowest BCUT2D eigenvalue weighted by atomic mass is 10.1. The van der Waals surface area contributed by atoms with Gasteiger partial charge in [0.25, 0.3) is 5.91 Å². The number of ether oxygens (including phenoxy) is 2. The average molecular weight is 654 g/mol. The number of amides is 2. The second-order valence-corrected chi connectivity index (χ2v) is 12.0. The van der Waals surface area contributed by atoms with Gasteiger partial charge in [0.1, 0.15) is 15.7 Å². The summed E-state index contributed by atoms with van der Waals surface area (Å²) in [6.07, 6.45) is 0. The molecule has 0 spiro atoms. The van der Waals surface area contributed by atoms with Crippen LogP contribution in [0.5, 0.6) is 0 Å². The van der Waals surface area contributed by atoms with E-state index in [2.05, 4.69) is 20.8 Å². The highest BCUT2D eigenvalue weighted by atomic mass is 32.2. The molecule has 0 aliphatic carbocycles. The van der Waals surface area contributed by atoms with E-state index in [1.165, 1.54) is 18.2 Å². The number of halogens is 1. The monoisotopic (exact) mass is 653 g/mol. The normalized spacial score (nSPS) is 11.5. The summed E-state index contributed by atoms with van der Waals surface area (Å²) in [4.78, 5) is 51.6. The zero-order valence-electron chi connectivity index (χ0n) is 25.3. The van der Waals surface area contributed by atoms with Gasteiger partial charge in [0.05, 0.1) is 36.1 Å². The molecule has 4 aromatic rings. The molecule has 2 amide bonds. The molecule has 11 nitrogen and oxygen atoms in total. The van der Waals surface area contributed by atoms with Gasteiger partial charge in [-0.05, 0) is 70.0 Å². The number of nitrogens with zero attached hydrogens (tertiary/aromatic N) is 3. The molecular weight excluding hydrogens is 622 g/mol. The molecule has 4 rings (SSSR count). The first-order valence-corrected chi connectivity index (χ1v) is 15.7. The molecule has 0 radical (unpaired) electrons. The fourth-order valence-corrected chi connectivity index (χ4v) is 6.26. The number of thiophene rings is 1. The van der Waals surface area contributed by atoms with E-state index in [0.29, 0.717) is 22.2 Å². The molecule has 45 heavy (non-hydrogen) atoms. The SMILES string of the molecule is CCOC(=O)c1sc(NC(=O)[C@@H](C)Sc2nnc(CNC(=O)c3ccccc3F)n2-c2cccc(C)c2)c(C(=O)OCC)c1C. The fourth-order valence-electron chi connectivity index (χ4n) is 4.28. The summed E-state index contributed by atoms with van der Waals surface area (Å²) in [5.41, 5.74) is 2.00. The van der Waals surface area contributed by atoms with E-state index in [4.69, 9.17) is 9.47 Å². The third-order valence-electron chi connectivity index (χ3n) is 6.46. The first-order valence-electron chi connectivity index (χ1n) is 14.0. The minimum absolute atomic E-state index is 0.0662. The van der Waals surface area contributed by atoms with Gasteiger partial charge in [-0.2, -0.15) is 0 Å². The molecule has 0 aliphatic heterocycles. The van der Waals surface area contributed by atoms with Crippen molar-refractivity contribution in [2.75, 3.05) is 18.5 Å². The molecule has 0 fully saturated rings. The summed E-state index contributed by atoms with van der Waals surface area (Å²) in [7, 11) is 0. The van der Waals surface area contributed by atoms with E-state index >= 15 is 0 Å². The Morgan fingerprint density at radius 3 is 2.40 bits per heavy atom. The van der Waals surface area contributed by atoms with Crippen molar-refractivity contribution >= 4 is 51.9 Å². The Morgan fingerprint density at radius 1 is 1.00 bits per heavy atom. The second kappa shape index (κ2) is 14.9. The molecule has 2 aromatic carbocycles. The standard InChI is InChI=1S/C31H32FN5O6S2/c1-6-42-29(40)24-18(4)25(30(41)43-7-2)45-28(24)34-26(38)19(5)44-31-36-35-23(37(31)20-12-10-11-17(3)15-20)16-33-27(39)21-13-8-9-14-22(21)32/h8-15,19H,6-7,16H2,1-5H3,(H,33,39)(H,34,38)/t19-/m1/s1. The summed E-state index contributed by atoms with van der Waals surface area (Å²) in [6.45, 7) is 8.70. The van der Waals surface area contributed by atoms with Gasteiger partial charge in [0.15, 0.2) is 11.0 Å². The average Bonchev–Trinajstić information content (AvgIpc) is 3.56. The van der Waals surface area contributed by atoms with E-state index in [1.807, 2.05) is 31.2 Å². The highest BCUT2D eigenvalue weighted by molar-refractivity contribution is 8.00. The number of nitrogens with one attached hydrogen (secondary N) is 2. The predicted molar refractivity (Wildman–Crippen MR) is 169 cm³/mol. The van der Waals surface area contributed by atoms with Crippen LogP contribution in [0.15, 0.2) is 53.7 Å². The van der Waals surface area contributed by atoms with Gasteiger partial charge in [-0.25, -0.2) is 14.0 Å². The van der Waals surface area contributed by atoms with Crippen LogP contribution in [-0.4, -0.2) is 57.0 Å². The number of carbonyl (C=O) groups is 4. The van der Waals surface area contributed by atoms with Crippen molar-refractivity contribution in [3.63, 3.8) is 0 Å². The minimum atomic E-state index is -0.748. The second-order valence-electron chi connectivity index (χ2n) is 9.69. The molecule has 14 heteroatoms. The molecule has 0 saturated heterocycles. The topological polar surface area (TPSA) is 142 Å². The number of carbonyl (C=O) groups excluding carboxylic acids is 4. The number of benzene rings is 2. The smallest absolute Gasteiger partial charge is 0.348 e. The summed E-state index contributed by atoms with van der Waals surface area (Å²) in [6, 6.07) is 13.2. The van der Waals surface area contributed by atoms with Crippen LogP contribution in [0.1, 0.15) is 68.1 Å². The lowest BCUT2D eigenvalue weighted by Crippen LogP contribution is -2.26. The van der Waals surface area contributed by atoms with Crippen LogP contribution in [0.3, 0.4) is 0 Å².